The predicted octanol–water partition coefficient (Wildman–Crippen LogP) is 2.78. The molecule has 0 bridgehead atoms. The van der Waals surface area contributed by atoms with Crippen LogP contribution in [0.3, 0.4) is 0 Å². The number of aromatic nitrogens is 1. The van der Waals surface area contributed by atoms with E-state index < -0.39 is 0 Å². The molecule has 0 aromatic carbocycles. The Labute approximate surface area is 126 Å². The lowest BCUT2D eigenvalue weighted by Crippen LogP contribution is -2.25. The number of ketones is 1. The van der Waals surface area contributed by atoms with E-state index in [1.54, 1.807) is 6.07 Å². The minimum Gasteiger partial charge on any atom is -0.355 e. The number of hydrogen-bond donors (Lipinski definition) is 0. The van der Waals surface area contributed by atoms with Crippen LogP contribution in [-0.2, 0) is 9.63 Å². The lowest BCUT2D eigenvalue weighted by molar-refractivity contribution is -0.168. The monoisotopic (exact) mass is 308 g/mol. The molecule has 0 N–H and O–H groups in total. The zero-order valence-electron chi connectivity index (χ0n) is 11.9. The maximum Gasteiger partial charge on any atom is 0.245 e. The molecule has 0 aliphatic heterocycles. The molecule has 0 saturated carbocycles. The number of nitrogens with zero attached hydrogens (tertiary/aromatic N) is 2. The molecule has 0 aliphatic carbocycles. The summed E-state index contributed by atoms with van der Waals surface area (Å²) in [5, 5.41) is 6.86. The van der Waals surface area contributed by atoms with Gasteiger partial charge in [-0.25, -0.2) is 5.06 Å². The van der Waals surface area contributed by atoms with E-state index in [0.717, 1.165) is 9.94 Å². The second kappa shape index (κ2) is 7.14. The average molecular weight is 308 g/mol. The van der Waals surface area contributed by atoms with Gasteiger partial charge in [-0.3, -0.25) is 14.4 Å². The van der Waals surface area contributed by atoms with Crippen LogP contribution >= 0.6 is 11.3 Å². The molecule has 2 aromatic heterocycles. The fourth-order valence-electron chi connectivity index (χ4n) is 1.73. The van der Waals surface area contributed by atoms with Gasteiger partial charge in [-0.05, 0) is 17.9 Å². The van der Waals surface area contributed by atoms with Crippen LogP contribution in [-0.4, -0.2) is 36.1 Å². The molecule has 0 radical (unpaired) electrons. The normalized spacial score (nSPS) is 10.6. The lowest BCUT2D eigenvalue weighted by atomic mass is 10.1. The predicted molar refractivity (Wildman–Crippen MR) is 77.8 cm³/mol. The van der Waals surface area contributed by atoms with Crippen molar-refractivity contribution in [3.63, 3.8) is 0 Å². The molecule has 0 saturated heterocycles. The van der Waals surface area contributed by atoms with E-state index in [-0.39, 0.29) is 24.5 Å². The fraction of sp³-hybridized carbons (Fsp3) is 0.357. The van der Waals surface area contributed by atoms with Gasteiger partial charge in [0.05, 0.1) is 12.0 Å². The summed E-state index contributed by atoms with van der Waals surface area (Å²) in [5.74, 6) is 0.294. The number of hydrogen-bond acceptors (Lipinski definition) is 6. The molecule has 0 aliphatic rings. The van der Waals surface area contributed by atoms with Crippen molar-refractivity contribution in [3.05, 3.63) is 29.3 Å². The standard InChI is InChI=1S/C14H16N2O4S/c1-16(19-2)14(18)7-3-5-11(17)10-9-12(20-15-10)13-6-4-8-21-13/h4,6,8-9H,3,5,7H2,1-2H3. The van der Waals surface area contributed by atoms with Gasteiger partial charge in [0.15, 0.2) is 11.5 Å². The Balaban J connectivity index is 1.85. The van der Waals surface area contributed by atoms with Gasteiger partial charge in [0.2, 0.25) is 5.91 Å². The molecule has 0 spiro atoms. The zero-order chi connectivity index (χ0) is 15.2. The molecule has 0 fully saturated rings. The topological polar surface area (TPSA) is 72.6 Å². The van der Waals surface area contributed by atoms with Gasteiger partial charge in [-0.15, -0.1) is 11.3 Å². The minimum absolute atomic E-state index is 0.130. The van der Waals surface area contributed by atoms with Gasteiger partial charge in [0.25, 0.3) is 0 Å². The third-order valence-corrected chi connectivity index (χ3v) is 3.86. The highest BCUT2D eigenvalue weighted by Crippen LogP contribution is 2.25. The van der Waals surface area contributed by atoms with Crippen molar-refractivity contribution in [2.75, 3.05) is 14.2 Å². The zero-order valence-corrected chi connectivity index (χ0v) is 12.7. The molecule has 1 amide bonds. The maximum absolute atomic E-state index is 12.0. The molecule has 2 aromatic rings. The fourth-order valence-corrected chi connectivity index (χ4v) is 2.40. The van der Waals surface area contributed by atoms with E-state index in [1.165, 1.54) is 25.5 Å². The SMILES string of the molecule is CON(C)C(=O)CCCC(=O)c1cc(-c2cccs2)on1. The van der Waals surface area contributed by atoms with Crippen LogP contribution in [0.25, 0.3) is 10.6 Å². The number of thiophene rings is 1. The summed E-state index contributed by atoms with van der Waals surface area (Å²) in [5.41, 5.74) is 0.297. The summed E-state index contributed by atoms with van der Waals surface area (Å²) in [6.07, 6.45) is 0.956. The van der Waals surface area contributed by atoms with Crippen molar-refractivity contribution in [1.82, 2.24) is 10.2 Å². The molecule has 6 nitrogen and oxygen atoms in total. The van der Waals surface area contributed by atoms with E-state index in [4.69, 9.17) is 9.36 Å². The van der Waals surface area contributed by atoms with Crippen molar-refractivity contribution in [2.24, 2.45) is 0 Å². The third-order valence-electron chi connectivity index (χ3n) is 2.98. The van der Waals surface area contributed by atoms with Crippen LogP contribution in [0.5, 0.6) is 0 Å². The Morgan fingerprint density at radius 2 is 2.24 bits per heavy atom. The molecule has 0 atom stereocenters. The van der Waals surface area contributed by atoms with Gasteiger partial charge < -0.3 is 4.52 Å². The van der Waals surface area contributed by atoms with E-state index in [0.29, 0.717) is 17.9 Å². The highest BCUT2D eigenvalue weighted by Gasteiger charge is 2.15. The van der Waals surface area contributed by atoms with Crippen LogP contribution in [0.2, 0.25) is 0 Å². The summed E-state index contributed by atoms with van der Waals surface area (Å²) in [6, 6.07) is 5.44. The number of Topliss-reactive ketones (excluding diaryl/α,β-unsaturated/α-hetero) is 1. The minimum atomic E-state index is -0.162. The van der Waals surface area contributed by atoms with Crippen LogP contribution in [0.15, 0.2) is 28.1 Å². The molecule has 112 valence electrons. The summed E-state index contributed by atoms with van der Waals surface area (Å²) in [6.45, 7) is 0. The Kier molecular flexibility index (Phi) is 5.24. The molecule has 2 rings (SSSR count). The van der Waals surface area contributed by atoms with Crippen LogP contribution in [0, 0.1) is 0 Å². The molecule has 2 heterocycles. The number of carbonyl (C=O) groups excluding carboxylic acids is 2. The smallest absolute Gasteiger partial charge is 0.245 e. The van der Waals surface area contributed by atoms with Crippen LogP contribution in [0.4, 0.5) is 0 Å². The van der Waals surface area contributed by atoms with Crippen molar-refractivity contribution >= 4 is 23.0 Å². The van der Waals surface area contributed by atoms with Crippen LogP contribution < -0.4 is 0 Å². The highest BCUT2D eigenvalue weighted by molar-refractivity contribution is 7.13. The first-order valence-corrected chi connectivity index (χ1v) is 7.34. The second-order valence-corrected chi connectivity index (χ2v) is 5.35. The van der Waals surface area contributed by atoms with Crippen molar-refractivity contribution in [3.8, 4) is 10.6 Å². The first-order chi connectivity index (χ1) is 10.1. The van der Waals surface area contributed by atoms with Gasteiger partial charge in [0, 0.05) is 26.0 Å². The maximum atomic E-state index is 12.0. The van der Waals surface area contributed by atoms with E-state index in [9.17, 15) is 9.59 Å². The van der Waals surface area contributed by atoms with Gasteiger partial charge >= 0.3 is 0 Å². The highest BCUT2D eigenvalue weighted by atomic mass is 32.1. The van der Waals surface area contributed by atoms with Crippen molar-refractivity contribution in [1.29, 1.82) is 0 Å². The molecule has 21 heavy (non-hydrogen) atoms. The quantitative estimate of drug-likeness (QED) is 0.581. The van der Waals surface area contributed by atoms with E-state index in [1.807, 2.05) is 17.5 Å². The first kappa shape index (κ1) is 15.4. The van der Waals surface area contributed by atoms with Crippen molar-refractivity contribution in [2.45, 2.75) is 19.3 Å². The van der Waals surface area contributed by atoms with Gasteiger partial charge in [0.1, 0.15) is 5.69 Å². The van der Waals surface area contributed by atoms with Crippen LogP contribution in [0.1, 0.15) is 29.8 Å². The molecule has 0 unspecified atom stereocenters. The number of hydroxylamine groups is 2. The van der Waals surface area contributed by atoms with E-state index in [2.05, 4.69) is 5.16 Å². The summed E-state index contributed by atoms with van der Waals surface area (Å²) in [4.78, 5) is 29.2. The van der Waals surface area contributed by atoms with Gasteiger partial charge in [-0.2, -0.15) is 0 Å². The number of amides is 1. The average Bonchev–Trinajstić information content (AvgIpc) is 3.16. The Morgan fingerprint density at radius 1 is 1.43 bits per heavy atom. The molecular formula is C14H16N2O4S. The number of carbonyl (C=O) groups is 2. The first-order valence-electron chi connectivity index (χ1n) is 6.46. The summed E-state index contributed by atoms with van der Waals surface area (Å²) >= 11 is 1.52. The summed E-state index contributed by atoms with van der Waals surface area (Å²) in [7, 11) is 2.96. The van der Waals surface area contributed by atoms with Gasteiger partial charge in [-0.1, -0.05) is 11.2 Å². The van der Waals surface area contributed by atoms with E-state index >= 15 is 0 Å². The molecule has 7 heteroatoms. The second-order valence-electron chi connectivity index (χ2n) is 4.40. The van der Waals surface area contributed by atoms with Crippen molar-refractivity contribution < 1.29 is 18.9 Å². The molecular weight excluding hydrogens is 292 g/mol. The Morgan fingerprint density at radius 3 is 2.90 bits per heavy atom. The largest absolute Gasteiger partial charge is 0.355 e. The Hall–Kier alpha value is -1.99. The summed E-state index contributed by atoms with van der Waals surface area (Å²) < 4.78 is 5.16. The Bertz CT molecular complexity index is 606. The number of rotatable bonds is 7. The third kappa shape index (κ3) is 3.99. The lowest BCUT2D eigenvalue weighted by Gasteiger charge is -2.12.